The summed E-state index contributed by atoms with van der Waals surface area (Å²) in [6.07, 6.45) is 0. The zero-order valence-electron chi connectivity index (χ0n) is 22.7. The molecule has 43 heavy (non-hydrogen) atoms. The average Bonchev–Trinajstić information content (AvgIpc) is 3.44. The maximum Gasteiger partial charge on any atom is 0.338 e. The first kappa shape index (κ1) is 28.9. The molecule has 9 nitrogen and oxygen atoms in total. The monoisotopic (exact) mass is 633 g/mol. The minimum atomic E-state index is -0.792. The van der Waals surface area contributed by atoms with Crippen LogP contribution in [0.3, 0.4) is 0 Å². The largest absolute Gasteiger partial charge is 0.462 e. The summed E-state index contributed by atoms with van der Waals surface area (Å²) in [5, 5.41) is 2.96. The van der Waals surface area contributed by atoms with E-state index >= 15 is 0 Å². The van der Waals surface area contributed by atoms with Gasteiger partial charge < -0.3 is 10.1 Å². The smallest absolute Gasteiger partial charge is 0.338 e. The van der Waals surface area contributed by atoms with Crippen LogP contribution in [-0.4, -0.2) is 40.1 Å². The van der Waals surface area contributed by atoms with Crippen LogP contribution in [0, 0.1) is 5.92 Å². The number of halogens is 1. The lowest BCUT2D eigenvalue weighted by Gasteiger charge is -2.30. The number of carbonyl (C=O) groups excluding carboxylic acids is 4. The predicted molar refractivity (Wildman–Crippen MR) is 165 cm³/mol. The van der Waals surface area contributed by atoms with Crippen molar-refractivity contribution in [3.8, 4) is 0 Å². The van der Waals surface area contributed by atoms with E-state index in [0.29, 0.717) is 31.9 Å². The van der Waals surface area contributed by atoms with Gasteiger partial charge in [0, 0.05) is 21.5 Å². The molecule has 3 atom stereocenters. The molecule has 3 amide bonds. The number of nitrogens with zero attached hydrogens (tertiary/aromatic N) is 2. The number of fused-ring (bicyclic) bond motifs is 2. The predicted octanol–water partition coefficient (Wildman–Crippen LogP) is 5.17. The Kier molecular flexibility index (Phi) is 7.95. The van der Waals surface area contributed by atoms with E-state index in [0.717, 1.165) is 28.7 Å². The van der Waals surface area contributed by atoms with Gasteiger partial charge in [-0.05, 0) is 61.0 Å². The number of benzene rings is 3. The number of carbonyl (C=O) groups is 4. The lowest BCUT2D eigenvalue weighted by atomic mass is 9.83. The molecule has 1 saturated heterocycles. The molecular weight excluding hydrogens is 610 g/mol. The number of hydrogen-bond acceptors (Lipinski definition) is 8. The first-order valence-corrected chi connectivity index (χ1v) is 15.5. The van der Waals surface area contributed by atoms with Crippen LogP contribution >= 0.6 is 34.7 Å². The standard InChI is InChI=1S/C31H24ClN3O6S2/c1-2-41-30(39)18-10-14-20(15-11-18)33-22(36)16-34-29-26(43-31(34)40)23(17-8-12-19(32)13-9-17)24-25(42-29)28(38)35(27(24)37)21-6-4-3-5-7-21/h3-15,23-25H,2,16H2,1H3,(H,33,36)/t23-,24?,25?/m1/s1. The third-order valence-corrected chi connectivity index (χ3v) is 10.1. The molecule has 2 aliphatic rings. The molecule has 3 aromatic carbocycles. The van der Waals surface area contributed by atoms with Crippen molar-refractivity contribution in [3.63, 3.8) is 0 Å². The zero-order valence-corrected chi connectivity index (χ0v) is 25.1. The van der Waals surface area contributed by atoms with Gasteiger partial charge in [0.25, 0.3) is 0 Å². The Hall–Kier alpha value is -4.19. The number of anilines is 2. The summed E-state index contributed by atoms with van der Waals surface area (Å²) in [6, 6.07) is 22.0. The second kappa shape index (κ2) is 11.8. The summed E-state index contributed by atoms with van der Waals surface area (Å²) in [6.45, 7) is 1.67. The number of hydrogen-bond donors (Lipinski definition) is 1. The highest BCUT2D eigenvalue weighted by atomic mass is 35.5. The summed E-state index contributed by atoms with van der Waals surface area (Å²) in [7, 11) is 0. The Morgan fingerprint density at radius 2 is 1.63 bits per heavy atom. The number of rotatable bonds is 7. The van der Waals surface area contributed by atoms with Crippen LogP contribution in [0.5, 0.6) is 0 Å². The van der Waals surface area contributed by atoms with Crippen molar-refractivity contribution >= 4 is 69.8 Å². The van der Waals surface area contributed by atoms with E-state index in [2.05, 4.69) is 5.32 Å². The van der Waals surface area contributed by atoms with Crippen molar-refractivity contribution < 1.29 is 23.9 Å². The first-order chi connectivity index (χ1) is 20.8. The Labute approximate surface area is 259 Å². The van der Waals surface area contributed by atoms with Crippen molar-refractivity contribution in [1.29, 1.82) is 0 Å². The second-order valence-corrected chi connectivity index (χ2v) is 12.5. The Bertz CT molecular complexity index is 1790. The van der Waals surface area contributed by atoms with E-state index in [-0.39, 0.29) is 29.8 Å². The van der Waals surface area contributed by atoms with Crippen molar-refractivity contribution in [3.05, 3.63) is 110 Å². The number of imide groups is 1. The number of amides is 3. The van der Waals surface area contributed by atoms with Crippen LogP contribution in [0.2, 0.25) is 5.02 Å². The molecule has 4 aromatic rings. The van der Waals surface area contributed by atoms with E-state index < -0.39 is 29.0 Å². The van der Waals surface area contributed by atoms with Gasteiger partial charge >= 0.3 is 10.8 Å². The van der Waals surface area contributed by atoms with Gasteiger partial charge in [-0.2, -0.15) is 0 Å². The lowest BCUT2D eigenvalue weighted by molar-refractivity contribution is -0.122. The Balaban J connectivity index is 1.33. The third kappa shape index (κ3) is 5.39. The average molecular weight is 634 g/mol. The van der Waals surface area contributed by atoms with E-state index in [1.807, 2.05) is 6.07 Å². The molecule has 12 heteroatoms. The van der Waals surface area contributed by atoms with Gasteiger partial charge in [-0.1, -0.05) is 65.0 Å². The van der Waals surface area contributed by atoms with Crippen LogP contribution in [0.25, 0.3) is 0 Å². The SMILES string of the molecule is CCOC(=O)c1ccc(NC(=O)Cn2c3c(sc2=O)[C@H](c2ccc(Cl)cc2)C2C(=O)N(c4ccccc4)C(=O)C2S3)cc1. The fourth-order valence-electron chi connectivity index (χ4n) is 5.36. The van der Waals surface area contributed by atoms with Gasteiger partial charge in [-0.25, -0.2) is 9.69 Å². The molecule has 6 rings (SSSR count). The third-order valence-electron chi connectivity index (χ3n) is 7.27. The Morgan fingerprint density at radius 1 is 0.930 bits per heavy atom. The van der Waals surface area contributed by atoms with Gasteiger partial charge in [-0.15, -0.1) is 0 Å². The topological polar surface area (TPSA) is 115 Å². The fourth-order valence-corrected chi connectivity index (χ4v) is 8.26. The summed E-state index contributed by atoms with van der Waals surface area (Å²) < 4.78 is 6.34. The molecule has 0 spiro atoms. The molecule has 0 saturated carbocycles. The quantitative estimate of drug-likeness (QED) is 0.220. The van der Waals surface area contributed by atoms with Gasteiger partial charge in [0.1, 0.15) is 11.8 Å². The number of thioether (sulfide) groups is 1. The van der Waals surface area contributed by atoms with Crippen molar-refractivity contribution in [2.45, 2.75) is 29.7 Å². The molecule has 0 radical (unpaired) electrons. The summed E-state index contributed by atoms with van der Waals surface area (Å²) in [5.74, 6) is -2.96. The highest BCUT2D eigenvalue weighted by Crippen LogP contribution is 2.53. The highest BCUT2D eigenvalue weighted by molar-refractivity contribution is 8.00. The number of aromatic nitrogens is 1. The second-order valence-electron chi connectivity index (χ2n) is 9.91. The lowest BCUT2D eigenvalue weighted by Crippen LogP contribution is -2.33. The Morgan fingerprint density at radius 3 is 2.30 bits per heavy atom. The molecule has 1 aromatic heterocycles. The van der Waals surface area contributed by atoms with Gasteiger partial charge in [-0.3, -0.25) is 23.7 Å². The van der Waals surface area contributed by atoms with Crippen LogP contribution in [0.1, 0.15) is 33.6 Å². The number of nitrogens with one attached hydrogen (secondary N) is 1. The molecule has 1 N–H and O–H groups in total. The fraction of sp³-hybridized carbons (Fsp3) is 0.194. The van der Waals surface area contributed by atoms with Crippen molar-refractivity contribution in [2.24, 2.45) is 5.92 Å². The van der Waals surface area contributed by atoms with Crippen LogP contribution in [0.15, 0.2) is 88.7 Å². The molecule has 218 valence electrons. The molecule has 2 unspecified atom stereocenters. The minimum Gasteiger partial charge on any atom is -0.462 e. The van der Waals surface area contributed by atoms with Crippen molar-refractivity contribution in [1.82, 2.24) is 4.57 Å². The number of thiazole rings is 1. The maximum absolute atomic E-state index is 13.9. The summed E-state index contributed by atoms with van der Waals surface area (Å²) >= 11 is 8.28. The summed E-state index contributed by atoms with van der Waals surface area (Å²) in [4.78, 5) is 67.4. The molecule has 1 fully saturated rings. The minimum absolute atomic E-state index is 0.250. The van der Waals surface area contributed by atoms with Gasteiger partial charge in [0.2, 0.25) is 17.7 Å². The highest BCUT2D eigenvalue weighted by Gasteiger charge is 2.56. The van der Waals surface area contributed by atoms with Crippen LogP contribution < -0.4 is 15.1 Å². The normalized spacial score (nSPS) is 19.1. The molecule has 3 heterocycles. The number of ether oxygens (including phenoxy) is 1. The van der Waals surface area contributed by atoms with E-state index in [9.17, 15) is 24.0 Å². The van der Waals surface area contributed by atoms with E-state index in [1.165, 1.54) is 9.47 Å². The molecule has 0 aliphatic carbocycles. The first-order valence-electron chi connectivity index (χ1n) is 13.4. The molecular formula is C31H24ClN3O6S2. The number of esters is 1. The van der Waals surface area contributed by atoms with E-state index in [1.54, 1.807) is 79.7 Å². The van der Waals surface area contributed by atoms with E-state index in [4.69, 9.17) is 16.3 Å². The molecule has 2 aliphatic heterocycles. The van der Waals surface area contributed by atoms with Crippen molar-refractivity contribution in [2.75, 3.05) is 16.8 Å². The number of para-hydroxylation sites is 1. The molecule has 0 bridgehead atoms. The van der Waals surface area contributed by atoms with Gasteiger partial charge in [0.05, 0.1) is 28.8 Å². The summed E-state index contributed by atoms with van der Waals surface area (Å²) in [5.41, 5.74) is 2.02. The van der Waals surface area contributed by atoms with Crippen LogP contribution in [0.4, 0.5) is 11.4 Å². The zero-order chi connectivity index (χ0) is 30.2. The van der Waals surface area contributed by atoms with Gasteiger partial charge in [0.15, 0.2) is 0 Å². The maximum atomic E-state index is 13.9. The van der Waals surface area contributed by atoms with Crippen LogP contribution in [-0.2, 0) is 25.7 Å².